The van der Waals surface area contributed by atoms with Gasteiger partial charge in [-0.15, -0.1) is 10.2 Å². The first-order valence-corrected chi connectivity index (χ1v) is 17.0. The second-order valence-corrected chi connectivity index (χ2v) is 15.7. The van der Waals surface area contributed by atoms with Crippen LogP contribution in [0.5, 0.6) is 5.75 Å². The SMILES string of the molecule is CC(C)Oc1cccc(C2=NC3(CCC(C(C)(C)C)CC3)N([C@H](CCC(C)(C)C)c3ccc(C(=O)NCc4nn[nH]n4)cc3)C2=O)c1. The molecule has 0 unspecified atom stereocenters. The highest BCUT2D eigenvalue weighted by molar-refractivity contribution is 6.46. The van der Waals surface area contributed by atoms with Crippen LogP contribution in [-0.4, -0.2) is 54.8 Å². The van der Waals surface area contributed by atoms with Gasteiger partial charge in [0.15, 0.2) is 5.82 Å². The molecule has 2 amide bonds. The molecule has 252 valence electrons. The van der Waals surface area contributed by atoms with Crippen LogP contribution in [0.2, 0.25) is 0 Å². The molecule has 10 heteroatoms. The maximum atomic E-state index is 14.8. The van der Waals surface area contributed by atoms with E-state index in [2.05, 4.69) is 72.4 Å². The molecule has 0 radical (unpaired) electrons. The molecule has 1 saturated carbocycles. The molecule has 5 rings (SSSR count). The van der Waals surface area contributed by atoms with E-state index in [0.29, 0.717) is 23.0 Å². The Labute approximate surface area is 279 Å². The molecule has 2 aromatic carbocycles. The molecule has 1 aliphatic carbocycles. The van der Waals surface area contributed by atoms with Crippen molar-refractivity contribution in [3.05, 3.63) is 71.0 Å². The minimum Gasteiger partial charge on any atom is -0.491 e. The molecule has 3 aromatic rings. The molecule has 10 nitrogen and oxygen atoms in total. The normalized spacial score (nSPS) is 20.9. The van der Waals surface area contributed by atoms with Gasteiger partial charge < -0.3 is 15.0 Å². The summed E-state index contributed by atoms with van der Waals surface area (Å²) in [5.41, 5.74) is 2.45. The number of H-pyrrole nitrogens is 1. The lowest BCUT2D eigenvalue weighted by Crippen LogP contribution is -2.51. The van der Waals surface area contributed by atoms with Crippen molar-refractivity contribution in [2.45, 2.75) is 118 Å². The first-order chi connectivity index (χ1) is 22.1. The van der Waals surface area contributed by atoms with Crippen LogP contribution in [0, 0.1) is 16.7 Å². The van der Waals surface area contributed by atoms with Gasteiger partial charge in [-0.25, -0.2) is 0 Å². The Morgan fingerprint density at radius 3 is 2.36 bits per heavy atom. The minimum absolute atomic E-state index is 0.0211. The first kappa shape index (κ1) is 34.3. The van der Waals surface area contributed by atoms with E-state index in [-0.39, 0.29) is 41.3 Å². The second-order valence-electron chi connectivity index (χ2n) is 15.7. The summed E-state index contributed by atoms with van der Waals surface area (Å²) in [4.78, 5) is 35.2. The van der Waals surface area contributed by atoms with E-state index in [0.717, 1.165) is 55.4 Å². The fourth-order valence-corrected chi connectivity index (χ4v) is 6.91. The predicted octanol–water partition coefficient (Wildman–Crippen LogP) is 7.05. The number of hydrogen-bond donors (Lipinski definition) is 2. The Kier molecular flexibility index (Phi) is 9.89. The molecular formula is C37H51N7O3. The Hall–Kier alpha value is -4.08. The van der Waals surface area contributed by atoms with Gasteiger partial charge >= 0.3 is 0 Å². The van der Waals surface area contributed by atoms with Gasteiger partial charge in [0.1, 0.15) is 17.1 Å². The number of aromatic amines is 1. The van der Waals surface area contributed by atoms with E-state index in [1.54, 1.807) is 0 Å². The number of nitrogens with zero attached hydrogens (tertiary/aromatic N) is 5. The van der Waals surface area contributed by atoms with E-state index >= 15 is 0 Å². The van der Waals surface area contributed by atoms with Gasteiger partial charge in [-0.05, 0) is 98.9 Å². The summed E-state index contributed by atoms with van der Waals surface area (Å²) in [5.74, 6) is 1.44. The van der Waals surface area contributed by atoms with Crippen LogP contribution in [0.3, 0.4) is 0 Å². The number of amides is 2. The van der Waals surface area contributed by atoms with Crippen molar-refractivity contribution >= 4 is 17.5 Å². The van der Waals surface area contributed by atoms with Crippen molar-refractivity contribution in [1.82, 2.24) is 30.8 Å². The number of rotatable bonds is 10. The number of carbonyl (C=O) groups excluding carboxylic acids is 2. The van der Waals surface area contributed by atoms with Crippen LogP contribution < -0.4 is 10.1 Å². The minimum atomic E-state index is -0.633. The quantitative estimate of drug-likeness (QED) is 0.244. The van der Waals surface area contributed by atoms with Crippen LogP contribution in [0.1, 0.15) is 127 Å². The topological polar surface area (TPSA) is 125 Å². The van der Waals surface area contributed by atoms with Crippen LogP contribution >= 0.6 is 0 Å². The lowest BCUT2D eigenvalue weighted by Gasteiger charge is -2.47. The van der Waals surface area contributed by atoms with Gasteiger partial charge in [0.05, 0.1) is 18.7 Å². The van der Waals surface area contributed by atoms with Gasteiger partial charge in [0.2, 0.25) is 0 Å². The number of tetrazole rings is 1. The number of hydrogen-bond acceptors (Lipinski definition) is 7. The van der Waals surface area contributed by atoms with Gasteiger partial charge in [0, 0.05) is 11.1 Å². The Balaban J connectivity index is 1.50. The summed E-state index contributed by atoms with van der Waals surface area (Å²) in [6, 6.07) is 15.2. The van der Waals surface area contributed by atoms with E-state index in [1.807, 2.05) is 62.4 Å². The maximum absolute atomic E-state index is 14.8. The molecule has 1 spiro atoms. The number of ether oxygens (including phenoxy) is 1. The van der Waals surface area contributed by atoms with Gasteiger partial charge in [-0.1, -0.05) is 71.0 Å². The highest BCUT2D eigenvalue weighted by Gasteiger charge is 2.52. The average Bonchev–Trinajstić information content (AvgIpc) is 3.62. The first-order valence-electron chi connectivity index (χ1n) is 17.0. The molecule has 2 heterocycles. The molecule has 1 aromatic heterocycles. The third kappa shape index (κ3) is 8.08. The highest BCUT2D eigenvalue weighted by Crippen LogP contribution is 2.50. The molecule has 1 fully saturated rings. The largest absolute Gasteiger partial charge is 0.491 e. The van der Waals surface area contributed by atoms with Crippen LogP contribution in [0.4, 0.5) is 0 Å². The molecule has 0 bridgehead atoms. The molecule has 1 atom stereocenters. The monoisotopic (exact) mass is 641 g/mol. The zero-order valence-corrected chi connectivity index (χ0v) is 29.3. The number of benzene rings is 2. The highest BCUT2D eigenvalue weighted by atomic mass is 16.5. The van der Waals surface area contributed by atoms with Crippen molar-refractivity contribution in [2.75, 3.05) is 0 Å². The van der Waals surface area contributed by atoms with Gasteiger partial charge in [-0.2, -0.15) is 5.21 Å². The summed E-state index contributed by atoms with van der Waals surface area (Å²) in [5, 5.41) is 16.6. The maximum Gasteiger partial charge on any atom is 0.275 e. The lowest BCUT2D eigenvalue weighted by molar-refractivity contribution is -0.134. The summed E-state index contributed by atoms with van der Waals surface area (Å²) < 4.78 is 6.00. The summed E-state index contributed by atoms with van der Waals surface area (Å²) in [7, 11) is 0. The third-order valence-corrected chi connectivity index (χ3v) is 9.51. The van der Waals surface area contributed by atoms with E-state index in [1.165, 1.54) is 0 Å². The van der Waals surface area contributed by atoms with Crippen LogP contribution in [0.15, 0.2) is 53.5 Å². The lowest BCUT2D eigenvalue weighted by atomic mass is 9.69. The molecule has 0 saturated heterocycles. The molecular weight excluding hydrogens is 590 g/mol. The average molecular weight is 642 g/mol. The van der Waals surface area contributed by atoms with Crippen molar-refractivity contribution in [3.8, 4) is 5.75 Å². The van der Waals surface area contributed by atoms with E-state index < -0.39 is 5.66 Å². The standard InChI is InChI=1S/C37H51N7O3/c1-24(2)47-29-11-9-10-27(22-29)32-34(46)44(37(39-32)20-16-28(17-21-37)36(6,7)8)30(18-19-35(3,4)5)25-12-14-26(15-13-25)33(45)38-23-31-40-42-43-41-31/h9-15,22,24,28,30H,16-21,23H2,1-8H3,(H,38,45)(H,40,41,42,43)/t28?,30-,37?/m1/s1. The fraction of sp³-hybridized carbons (Fsp3) is 0.568. The molecule has 1 aliphatic heterocycles. The number of nitrogens with one attached hydrogen (secondary N) is 2. The second kappa shape index (κ2) is 13.6. The zero-order valence-electron chi connectivity index (χ0n) is 29.3. The summed E-state index contributed by atoms with van der Waals surface area (Å²) in [6.45, 7) is 17.8. The number of carbonyl (C=O) groups is 2. The Morgan fingerprint density at radius 1 is 1.06 bits per heavy atom. The molecule has 2 aliphatic rings. The zero-order chi connectivity index (χ0) is 34.0. The van der Waals surface area contributed by atoms with Crippen molar-refractivity contribution in [1.29, 1.82) is 0 Å². The summed E-state index contributed by atoms with van der Waals surface area (Å²) >= 11 is 0. The number of aromatic nitrogens is 4. The van der Waals surface area contributed by atoms with Gasteiger partial charge in [-0.3, -0.25) is 14.6 Å². The van der Waals surface area contributed by atoms with Crippen LogP contribution in [-0.2, 0) is 11.3 Å². The van der Waals surface area contributed by atoms with Crippen LogP contribution in [0.25, 0.3) is 0 Å². The molecule has 2 N–H and O–H groups in total. The smallest absolute Gasteiger partial charge is 0.275 e. The van der Waals surface area contributed by atoms with E-state index in [4.69, 9.17) is 9.73 Å². The number of aliphatic imine (C=N–C) groups is 1. The van der Waals surface area contributed by atoms with E-state index in [9.17, 15) is 9.59 Å². The third-order valence-electron chi connectivity index (χ3n) is 9.51. The van der Waals surface area contributed by atoms with Crippen molar-refractivity contribution in [2.24, 2.45) is 21.7 Å². The Morgan fingerprint density at radius 2 is 1.77 bits per heavy atom. The van der Waals surface area contributed by atoms with Crippen molar-refractivity contribution in [3.63, 3.8) is 0 Å². The van der Waals surface area contributed by atoms with Gasteiger partial charge in [0.25, 0.3) is 11.8 Å². The fourth-order valence-electron chi connectivity index (χ4n) is 6.91. The predicted molar refractivity (Wildman–Crippen MR) is 183 cm³/mol. The molecule has 47 heavy (non-hydrogen) atoms. The summed E-state index contributed by atoms with van der Waals surface area (Å²) in [6.07, 6.45) is 5.36. The van der Waals surface area contributed by atoms with Crippen molar-refractivity contribution < 1.29 is 14.3 Å². The Bertz CT molecular complexity index is 1560.